The summed E-state index contributed by atoms with van der Waals surface area (Å²) in [4.78, 5) is 11.0. The van der Waals surface area contributed by atoms with Crippen molar-refractivity contribution < 1.29 is 9.53 Å². The van der Waals surface area contributed by atoms with Crippen LogP contribution in [0.3, 0.4) is 0 Å². The van der Waals surface area contributed by atoms with Crippen molar-refractivity contribution in [1.29, 1.82) is 0 Å². The number of hydrogen-bond acceptors (Lipinski definition) is 2. The lowest BCUT2D eigenvalue weighted by Gasteiger charge is -2.30. The van der Waals surface area contributed by atoms with Gasteiger partial charge in [-0.05, 0) is 31.6 Å². The number of carbonyl (C=O) groups excluding carboxylic acids is 1. The summed E-state index contributed by atoms with van der Waals surface area (Å²) in [5, 5.41) is 0. The van der Waals surface area contributed by atoms with Gasteiger partial charge in [0.05, 0.1) is 0 Å². The fourth-order valence-corrected chi connectivity index (χ4v) is 2.86. The van der Waals surface area contributed by atoms with Gasteiger partial charge >= 0.3 is 5.97 Å². The summed E-state index contributed by atoms with van der Waals surface area (Å²) in [7, 11) is 0. The van der Waals surface area contributed by atoms with Crippen molar-refractivity contribution in [2.75, 3.05) is 0 Å². The molecule has 0 saturated heterocycles. The number of fused-ring (bicyclic) bond motifs is 2. The zero-order valence-electron chi connectivity index (χ0n) is 8.08. The lowest BCUT2D eigenvalue weighted by atomic mass is 9.84. The van der Waals surface area contributed by atoms with Crippen LogP contribution in [0.1, 0.15) is 32.6 Å². The number of carbonyl (C=O) groups is 1. The number of rotatable bonds is 2. The third kappa shape index (κ3) is 1.38. The predicted octanol–water partition coefficient (Wildman–Crippen LogP) is 2.29. The van der Waals surface area contributed by atoms with E-state index in [1.807, 2.05) is 0 Å². The van der Waals surface area contributed by atoms with Crippen LogP contribution in [0.5, 0.6) is 0 Å². The van der Waals surface area contributed by atoms with Crippen molar-refractivity contribution in [3.05, 3.63) is 12.7 Å². The van der Waals surface area contributed by atoms with E-state index in [1.165, 1.54) is 25.3 Å². The molecule has 2 aliphatic rings. The molecule has 0 amide bonds. The average Bonchev–Trinajstić information content (AvgIpc) is 2.59. The van der Waals surface area contributed by atoms with Crippen LogP contribution in [0.15, 0.2) is 12.7 Å². The van der Waals surface area contributed by atoms with Crippen molar-refractivity contribution in [2.45, 2.75) is 38.7 Å². The SMILES string of the molecule is C=CC(=O)OC1CC2CCC1(C)C2. The van der Waals surface area contributed by atoms with Gasteiger partial charge in [0.1, 0.15) is 6.10 Å². The van der Waals surface area contributed by atoms with Gasteiger partial charge in [0.15, 0.2) is 0 Å². The van der Waals surface area contributed by atoms with Crippen LogP contribution in [0.25, 0.3) is 0 Å². The Morgan fingerprint density at radius 2 is 2.46 bits per heavy atom. The molecule has 2 saturated carbocycles. The first-order chi connectivity index (χ1) is 6.14. The highest BCUT2D eigenvalue weighted by atomic mass is 16.5. The van der Waals surface area contributed by atoms with Gasteiger partial charge in [0.25, 0.3) is 0 Å². The van der Waals surface area contributed by atoms with Crippen molar-refractivity contribution in [1.82, 2.24) is 0 Å². The van der Waals surface area contributed by atoms with Crippen LogP contribution >= 0.6 is 0 Å². The van der Waals surface area contributed by atoms with E-state index in [9.17, 15) is 4.79 Å². The summed E-state index contributed by atoms with van der Waals surface area (Å²) in [5.41, 5.74) is 0.267. The van der Waals surface area contributed by atoms with E-state index in [0.29, 0.717) is 0 Å². The summed E-state index contributed by atoms with van der Waals surface area (Å²) in [6.07, 6.45) is 6.25. The molecule has 0 heterocycles. The van der Waals surface area contributed by atoms with Crippen LogP contribution in [-0.2, 0) is 9.53 Å². The van der Waals surface area contributed by atoms with Gasteiger partial charge in [0, 0.05) is 11.5 Å². The van der Waals surface area contributed by atoms with E-state index in [4.69, 9.17) is 4.74 Å². The fourth-order valence-electron chi connectivity index (χ4n) is 2.86. The van der Waals surface area contributed by atoms with Crippen molar-refractivity contribution in [3.63, 3.8) is 0 Å². The maximum atomic E-state index is 11.0. The Balaban J connectivity index is 2.02. The van der Waals surface area contributed by atoms with E-state index >= 15 is 0 Å². The Labute approximate surface area is 79.0 Å². The Bertz CT molecular complexity index is 246. The molecule has 3 unspecified atom stereocenters. The minimum atomic E-state index is -0.265. The smallest absolute Gasteiger partial charge is 0.330 e. The summed E-state index contributed by atoms with van der Waals surface area (Å²) >= 11 is 0. The second-order valence-electron chi connectivity index (χ2n) is 4.63. The Morgan fingerprint density at radius 3 is 2.92 bits per heavy atom. The molecule has 2 fully saturated rings. The summed E-state index contributed by atoms with van der Waals surface area (Å²) in [6.45, 7) is 5.65. The molecule has 0 aromatic carbocycles. The lowest BCUT2D eigenvalue weighted by molar-refractivity contribution is -0.148. The van der Waals surface area contributed by atoms with Gasteiger partial charge in [-0.15, -0.1) is 0 Å². The molecule has 2 nitrogen and oxygen atoms in total. The first kappa shape index (κ1) is 8.79. The van der Waals surface area contributed by atoms with Gasteiger partial charge in [-0.3, -0.25) is 0 Å². The van der Waals surface area contributed by atoms with Crippen LogP contribution in [0, 0.1) is 11.3 Å². The van der Waals surface area contributed by atoms with Gasteiger partial charge in [0.2, 0.25) is 0 Å². The highest BCUT2D eigenvalue weighted by Gasteiger charge is 2.50. The second-order valence-corrected chi connectivity index (χ2v) is 4.63. The molecule has 2 bridgehead atoms. The zero-order chi connectivity index (χ0) is 9.47. The molecule has 0 spiro atoms. The van der Waals surface area contributed by atoms with Gasteiger partial charge in [-0.2, -0.15) is 0 Å². The van der Waals surface area contributed by atoms with Crippen molar-refractivity contribution in [2.24, 2.45) is 11.3 Å². The first-order valence-corrected chi connectivity index (χ1v) is 4.97. The van der Waals surface area contributed by atoms with Gasteiger partial charge in [-0.1, -0.05) is 13.5 Å². The van der Waals surface area contributed by atoms with E-state index < -0.39 is 0 Å². The second kappa shape index (κ2) is 2.86. The van der Waals surface area contributed by atoms with Crippen LogP contribution in [-0.4, -0.2) is 12.1 Å². The Morgan fingerprint density at radius 1 is 1.69 bits per heavy atom. The maximum Gasteiger partial charge on any atom is 0.330 e. The standard InChI is InChI=1S/C11H16O2/c1-3-10(12)13-9-6-8-4-5-11(9,2)7-8/h3,8-9H,1,4-7H2,2H3. The third-order valence-electron chi connectivity index (χ3n) is 3.63. The topological polar surface area (TPSA) is 26.3 Å². The molecule has 0 N–H and O–H groups in total. The van der Waals surface area contributed by atoms with E-state index in [-0.39, 0.29) is 17.5 Å². The quantitative estimate of drug-likeness (QED) is 0.481. The normalized spacial score (nSPS) is 41.9. The molecule has 2 rings (SSSR count). The molecule has 0 radical (unpaired) electrons. The summed E-state index contributed by atoms with van der Waals surface area (Å²) in [6, 6.07) is 0. The molecule has 3 atom stereocenters. The highest BCUT2D eigenvalue weighted by molar-refractivity contribution is 5.81. The minimum absolute atomic E-state index is 0.150. The lowest BCUT2D eigenvalue weighted by Crippen LogP contribution is -2.31. The van der Waals surface area contributed by atoms with E-state index in [2.05, 4.69) is 13.5 Å². The van der Waals surface area contributed by atoms with E-state index in [0.717, 1.165) is 12.3 Å². The molecular formula is C11H16O2. The molecule has 72 valence electrons. The molecule has 0 aromatic rings. The van der Waals surface area contributed by atoms with Gasteiger partial charge < -0.3 is 4.74 Å². The third-order valence-corrected chi connectivity index (χ3v) is 3.63. The van der Waals surface area contributed by atoms with Crippen molar-refractivity contribution in [3.8, 4) is 0 Å². The summed E-state index contributed by atoms with van der Waals surface area (Å²) < 4.78 is 5.34. The molecular weight excluding hydrogens is 164 g/mol. The predicted molar refractivity (Wildman–Crippen MR) is 50.1 cm³/mol. The summed E-state index contributed by atoms with van der Waals surface area (Å²) in [5.74, 6) is 0.534. The Hall–Kier alpha value is -0.790. The maximum absolute atomic E-state index is 11.0. The number of hydrogen-bond donors (Lipinski definition) is 0. The van der Waals surface area contributed by atoms with Crippen LogP contribution < -0.4 is 0 Å². The highest BCUT2D eigenvalue weighted by Crippen LogP contribution is 2.54. The molecule has 0 aliphatic heterocycles. The van der Waals surface area contributed by atoms with Crippen LogP contribution in [0.2, 0.25) is 0 Å². The first-order valence-electron chi connectivity index (χ1n) is 4.97. The van der Waals surface area contributed by atoms with Gasteiger partial charge in [-0.25, -0.2) is 4.79 Å². The minimum Gasteiger partial charge on any atom is -0.459 e. The van der Waals surface area contributed by atoms with Crippen LogP contribution in [0.4, 0.5) is 0 Å². The molecule has 0 aromatic heterocycles. The molecule has 13 heavy (non-hydrogen) atoms. The zero-order valence-corrected chi connectivity index (χ0v) is 8.08. The molecule has 2 aliphatic carbocycles. The monoisotopic (exact) mass is 180 g/mol. The Kier molecular flexibility index (Phi) is 1.94. The average molecular weight is 180 g/mol. The van der Waals surface area contributed by atoms with Crippen molar-refractivity contribution >= 4 is 5.97 Å². The van der Waals surface area contributed by atoms with E-state index in [1.54, 1.807) is 0 Å². The largest absolute Gasteiger partial charge is 0.459 e. The molecule has 2 heteroatoms. The number of ether oxygens (including phenoxy) is 1. The fraction of sp³-hybridized carbons (Fsp3) is 0.727. The number of esters is 1.